The molecule has 27 heavy (non-hydrogen) atoms. The summed E-state index contributed by atoms with van der Waals surface area (Å²) in [7, 11) is 0. The van der Waals surface area contributed by atoms with Gasteiger partial charge in [-0.15, -0.1) is 0 Å². The summed E-state index contributed by atoms with van der Waals surface area (Å²) in [6, 6.07) is 11.3. The molecule has 2 heterocycles. The van der Waals surface area contributed by atoms with Crippen LogP contribution in [0.4, 0.5) is 4.39 Å². The zero-order valence-electron chi connectivity index (χ0n) is 14.3. The number of carbonyl (C=O) groups is 1. The summed E-state index contributed by atoms with van der Waals surface area (Å²) in [5.41, 5.74) is 2.39. The molecule has 1 aliphatic heterocycles. The Kier molecular flexibility index (Phi) is 6.04. The summed E-state index contributed by atoms with van der Waals surface area (Å²) in [6.45, 7) is 1.10. The van der Waals surface area contributed by atoms with Crippen molar-refractivity contribution in [1.29, 1.82) is 0 Å². The van der Waals surface area contributed by atoms with E-state index in [2.05, 4.69) is 4.57 Å². The summed E-state index contributed by atoms with van der Waals surface area (Å²) in [4.78, 5) is 12.7. The second kappa shape index (κ2) is 8.13. The standard InChI is InChI=1S/C20H16Cl2FN2O.BrH/c21-14-5-8-16(17(22)10-14)19(26)12-24-11-18(25-9-1-2-20(24)25)13-3-6-15(23)7-4-13;/h3-8,10-11H,1-2,9,12H2;1H/q+1;/p-1. The fourth-order valence-electron chi connectivity index (χ4n) is 3.45. The first-order chi connectivity index (χ1) is 12.5. The lowest BCUT2D eigenvalue weighted by molar-refractivity contribution is -0.689. The molecule has 0 saturated heterocycles. The van der Waals surface area contributed by atoms with Crippen molar-refractivity contribution in [2.45, 2.75) is 25.9 Å². The first-order valence-corrected chi connectivity index (χ1v) is 9.14. The van der Waals surface area contributed by atoms with E-state index in [1.165, 1.54) is 12.1 Å². The molecule has 0 N–H and O–H groups in total. The van der Waals surface area contributed by atoms with E-state index in [1.807, 2.05) is 10.8 Å². The van der Waals surface area contributed by atoms with Gasteiger partial charge in [-0.3, -0.25) is 4.79 Å². The van der Waals surface area contributed by atoms with Crippen molar-refractivity contribution in [3.8, 4) is 11.3 Å². The SMILES string of the molecule is O=C(C[n+]1cc(-c2ccc(F)cc2)n2c1CCC2)c1ccc(Cl)cc1Cl.[Br-]. The first kappa shape index (κ1) is 20.1. The number of hydrogen-bond acceptors (Lipinski definition) is 1. The van der Waals surface area contributed by atoms with E-state index in [4.69, 9.17) is 23.2 Å². The van der Waals surface area contributed by atoms with E-state index in [0.717, 1.165) is 36.5 Å². The molecule has 140 valence electrons. The Morgan fingerprint density at radius 3 is 2.59 bits per heavy atom. The molecule has 0 saturated carbocycles. The van der Waals surface area contributed by atoms with Crippen LogP contribution in [0.5, 0.6) is 0 Å². The molecule has 0 spiro atoms. The van der Waals surface area contributed by atoms with Crippen molar-refractivity contribution >= 4 is 29.0 Å². The highest BCUT2D eigenvalue weighted by molar-refractivity contribution is 6.36. The third kappa shape index (κ3) is 3.96. The molecule has 2 aromatic carbocycles. The lowest BCUT2D eigenvalue weighted by atomic mass is 10.1. The first-order valence-electron chi connectivity index (χ1n) is 8.39. The van der Waals surface area contributed by atoms with E-state index in [-0.39, 0.29) is 35.1 Å². The Morgan fingerprint density at radius 1 is 1.15 bits per heavy atom. The number of aromatic nitrogens is 2. The molecule has 0 bridgehead atoms. The van der Waals surface area contributed by atoms with Gasteiger partial charge in [-0.2, -0.15) is 0 Å². The number of carbonyl (C=O) groups excluding carboxylic acids is 1. The van der Waals surface area contributed by atoms with E-state index in [0.29, 0.717) is 15.6 Å². The molecule has 4 rings (SSSR count). The van der Waals surface area contributed by atoms with Gasteiger partial charge in [-0.05, 0) is 48.9 Å². The Labute approximate surface area is 177 Å². The molecule has 0 fully saturated rings. The monoisotopic (exact) mass is 468 g/mol. The molecule has 0 radical (unpaired) electrons. The topological polar surface area (TPSA) is 25.9 Å². The van der Waals surface area contributed by atoms with Crippen LogP contribution < -0.4 is 21.5 Å². The van der Waals surface area contributed by atoms with Crippen LogP contribution in [-0.4, -0.2) is 10.4 Å². The Morgan fingerprint density at radius 2 is 1.89 bits per heavy atom. The van der Waals surface area contributed by atoms with E-state index >= 15 is 0 Å². The van der Waals surface area contributed by atoms with Crippen LogP contribution in [0.3, 0.4) is 0 Å². The molecule has 0 atom stereocenters. The number of imidazole rings is 1. The second-order valence-corrected chi connectivity index (χ2v) is 7.21. The van der Waals surface area contributed by atoms with Crippen LogP contribution in [0.2, 0.25) is 10.0 Å². The van der Waals surface area contributed by atoms with Crippen LogP contribution in [0.1, 0.15) is 22.6 Å². The minimum Gasteiger partial charge on any atom is -1.00 e. The van der Waals surface area contributed by atoms with Crippen molar-refractivity contribution < 1.29 is 30.7 Å². The van der Waals surface area contributed by atoms with Crippen molar-refractivity contribution in [1.82, 2.24) is 4.57 Å². The summed E-state index contributed by atoms with van der Waals surface area (Å²) >= 11 is 12.1. The molecular formula is C20H16BrCl2FN2O. The fourth-order valence-corrected chi connectivity index (χ4v) is 3.97. The molecule has 0 unspecified atom stereocenters. The molecular weight excluding hydrogens is 454 g/mol. The zero-order chi connectivity index (χ0) is 18.3. The van der Waals surface area contributed by atoms with Crippen LogP contribution >= 0.6 is 23.2 Å². The predicted octanol–water partition coefficient (Wildman–Crippen LogP) is 1.72. The van der Waals surface area contributed by atoms with Crippen LogP contribution in [0.25, 0.3) is 11.3 Å². The van der Waals surface area contributed by atoms with Gasteiger partial charge in [0.05, 0.1) is 18.0 Å². The number of fused-ring (bicyclic) bond motifs is 1. The minimum atomic E-state index is -0.262. The van der Waals surface area contributed by atoms with Gasteiger partial charge in [-0.1, -0.05) is 23.2 Å². The van der Waals surface area contributed by atoms with Gasteiger partial charge in [0, 0.05) is 16.1 Å². The Bertz CT molecular complexity index is 1000. The van der Waals surface area contributed by atoms with Crippen molar-refractivity contribution in [2.24, 2.45) is 0 Å². The molecule has 3 aromatic rings. The molecule has 7 heteroatoms. The zero-order valence-corrected chi connectivity index (χ0v) is 17.4. The highest BCUT2D eigenvalue weighted by atomic mass is 79.9. The molecule has 0 amide bonds. The second-order valence-electron chi connectivity index (χ2n) is 6.37. The number of nitrogens with zero attached hydrogens (tertiary/aromatic N) is 2. The average molecular weight is 470 g/mol. The average Bonchev–Trinajstić information content (AvgIpc) is 3.19. The van der Waals surface area contributed by atoms with E-state index < -0.39 is 0 Å². The fraction of sp³-hybridized carbons (Fsp3) is 0.200. The van der Waals surface area contributed by atoms with E-state index in [9.17, 15) is 9.18 Å². The summed E-state index contributed by atoms with van der Waals surface area (Å²) in [5.74, 6) is 0.771. The molecule has 1 aromatic heterocycles. The quantitative estimate of drug-likeness (QED) is 0.422. The van der Waals surface area contributed by atoms with Crippen LogP contribution in [0, 0.1) is 5.82 Å². The Balaban J connectivity index is 0.00000210. The minimum absolute atomic E-state index is 0. The maximum Gasteiger partial charge on any atom is 0.257 e. The molecule has 1 aliphatic rings. The summed E-state index contributed by atoms with van der Waals surface area (Å²) in [5, 5.41) is 0.861. The van der Waals surface area contributed by atoms with Gasteiger partial charge in [0.1, 0.15) is 12.0 Å². The summed E-state index contributed by atoms with van der Waals surface area (Å²) < 4.78 is 17.4. The Hall–Kier alpha value is -1.69. The van der Waals surface area contributed by atoms with Crippen molar-refractivity contribution in [2.75, 3.05) is 0 Å². The molecule has 0 aliphatic carbocycles. The smallest absolute Gasteiger partial charge is 0.257 e. The van der Waals surface area contributed by atoms with Gasteiger partial charge in [-0.25, -0.2) is 13.5 Å². The number of hydrogen-bond donors (Lipinski definition) is 0. The van der Waals surface area contributed by atoms with Crippen molar-refractivity contribution in [3.63, 3.8) is 0 Å². The van der Waals surface area contributed by atoms with Gasteiger partial charge < -0.3 is 17.0 Å². The van der Waals surface area contributed by atoms with Gasteiger partial charge in [0.2, 0.25) is 5.78 Å². The van der Waals surface area contributed by atoms with Crippen molar-refractivity contribution in [3.05, 3.63) is 75.9 Å². The number of Topliss-reactive ketones (excluding diaryl/α,β-unsaturated/α-hetero) is 1. The highest BCUT2D eigenvalue weighted by Gasteiger charge is 2.30. The number of halogens is 4. The maximum absolute atomic E-state index is 13.2. The molecule has 3 nitrogen and oxygen atoms in total. The van der Waals surface area contributed by atoms with Crippen LogP contribution in [0.15, 0.2) is 48.7 Å². The highest BCUT2D eigenvalue weighted by Crippen LogP contribution is 2.26. The normalized spacial score (nSPS) is 12.6. The lowest BCUT2D eigenvalue weighted by Crippen LogP contribution is -3.00. The lowest BCUT2D eigenvalue weighted by Gasteiger charge is -2.03. The van der Waals surface area contributed by atoms with Gasteiger partial charge in [0.25, 0.3) is 5.82 Å². The maximum atomic E-state index is 13.2. The number of benzene rings is 2. The number of rotatable bonds is 4. The van der Waals surface area contributed by atoms with Gasteiger partial charge in [0.15, 0.2) is 12.2 Å². The van der Waals surface area contributed by atoms with Crippen LogP contribution in [-0.2, 0) is 19.5 Å². The third-order valence-corrected chi connectivity index (χ3v) is 5.23. The van der Waals surface area contributed by atoms with Gasteiger partial charge >= 0.3 is 0 Å². The van der Waals surface area contributed by atoms with E-state index in [1.54, 1.807) is 30.3 Å². The summed E-state index contributed by atoms with van der Waals surface area (Å²) in [6.07, 6.45) is 3.90. The largest absolute Gasteiger partial charge is 1.00 e. The predicted molar refractivity (Wildman–Crippen MR) is 99.1 cm³/mol. The third-order valence-electron chi connectivity index (χ3n) is 4.68. The number of ketones is 1.